The van der Waals surface area contributed by atoms with Gasteiger partial charge in [-0.25, -0.2) is 9.07 Å². The Balaban J connectivity index is 1.27. The zero-order valence-electron chi connectivity index (χ0n) is 21.1. The minimum atomic E-state index is -1.39. The van der Waals surface area contributed by atoms with Crippen LogP contribution in [0.25, 0.3) is 11.0 Å². The third-order valence-corrected chi connectivity index (χ3v) is 7.44. The van der Waals surface area contributed by atoms with E-state index in [4.69, 9.17) is 9.26 Å². The van der Waals surface area contributed by atoms with Gasteiger partial charge in [0.05, 0.1) is 9.99 Å². The molecule has 0 radical (unpaired) electrons. The lowest BCUT2D eigenvalue weighted by atomic mass is 10.1. The van der Waals surface area contributed by atoms with Crippen LogP contribution in [-0.2, 0) is 6.54 Å². The Hall–Kier alpha value is -3.38. The van der Waals surface area contributed by atoms with Crippen molar-refractivity contribution in [1.29, 1.82) is 0 Å². The highest BCUT2D eigenvalue weighted by Crippen LogP contribution is 2.36. The van der Waals surface area contributed by atoms with Crippen molar-refractivity contribution in [2.75, 3.05) is 39.8 Å². The zero-order valence-corrected chi connectivity index (χ0v) is 22.7. The van der Waals surface area contributed by atoms with Gasteiger partial charge in [-0.1, -0.05) is 16.9 Å². The van der Waals surface area contributed by atoms with E-state index >= 15 is 0 Å². The molecule has 10 nitrogen and oxygen atoms in total. The molecule has 0 bridgehead atoms. The lowest BCUT2D eigenvalue weighted by Gasteiger charge is -2.35. The van der Waals surface area contributed by atoms with E-state index in [-0.39, 0.29) is 11.6 Å². The van der Waals surface area contributed by atoms with E-state index in [0.717, 1.165) is 12.1 Å². The maximum absolute atomic E-state index is 14.6. The molecule has 1 aromatic carbocycles. The highest BCUT2D eigenvalue weighted by atomic mass is 79.9. The van der Waals surface area contributed by atoms with Crippen LogP contribution in [-0.4, -0.2) is 88.0 Å². The molecule has 200 valence electrons. The molecule has 3 aromatic rings. The Morgan fingerprint density at radius 3 is 2.79 bits per heavy atom. The molecule has 12 heteroatoms. The van der Waals surface area contributed by atoms with E-state index in [1.165, 1.54) is 38.4 Å². The number of nitrogens with zero attached hydrogens (tertiary/aromatic N) is 7. The van der Waals surface area contributed by atoms with E-state index in [2.05, 4.69) is 47.9 Å². The van der Waals surface area contributed by atoms with Crippen molar-refractivity contribution >= 4 is 39.1 Å². The van der Waals surface area contributed by atoms with Crippen LogP contribution in [0.1, 0.15) is 23.3 Å². The molecule has 0 N–H and O–H groups in total. The van der Waals surface area contributed by atoms with E-state index in [1.54, 1.807) is 11.0 Å². The fraction of sp³-hybridized carbons (Fsp3) is 0.423. The summed E-state index contributed by atoms with van der Waals surface area (Å²) in [6, 6.07) is 5.33. The van der Waals surface area contributed by atoms with Crippen LogP contribution in [0.3, 0.4) is 0 Å². The molecule has 2 fully saturated rings. The number of ether oxygens (including phenoxy) is 1. The van der Waals surface area contributed by atoms with Crippen molar-refractivity contribution in [2.45, 2.75) is 25.6 Å². The standard InChI is InChI=1S/C26H29BrFN7O3/c1-17(38-23-6-5-22-25(24(23)27)30-32-35(22)15-18-3-4-18)19(13-20(28)14-29-2)16-33-8-10-34(11-9-33)26(36)21-7-12-37-31-21/h5-7,12-14,18,20H,1,3-4,8-11,15-16H2,2H3/b19-13-,29-14?. The lowest BCUT2D eigenvalue weighted by Crippen LogP contribution is -2.49. The quantitative estimate of drug-likeness (QED) is 0.202. The van der Waals surface area contributed by atoms with Crippen LogP contribution in [0.5, 0.6) is 5.75 Å². The largest absolute Gasteiger partial charge is 0.456 e. The number of hydrogen-bond acceptors (Lipinski definition) is 8. The maximum Gasteiger partial charge on any atom is 0.276 e. The van der Waals surface area contributed by atoms with Crippen molar-refractivity contribution in [3.05, 3.63) is 58.6 Å². The van der Waals surface area contributed by atoms with Crippen LogP contribution >= 0.6 is 15.9 Å². The number of fused-ring (bicyclic) bond motifs is 1. The number of benzene rings is 1. The highest BCUT2D eigenvalue weighted by molar-refractivity contribution is 9.10. The molecule has 2 aromatic heterocycles. The summed E-state index contributed by atoms with van der Waals surface area (Å²) in [6.45, 7) is 7.60. The number of allylic oxidation sites excluding steroid dienone is 1. The molecular weight excluding hydrogens is 557 g/mol. The van der Waals surface area contributed by atoms with Crippen LogP contribution < -0.4 is 4.74 Å². The molecule has 1 saturated carbocycles. The number of carbonyl (C=O) groups is 1. The van der Waals surface area contributed by atoms with Gasteiger partial charge in [0.2, 0.25) is 0 Å². The summed E-state index contributed by atoms with van der Waals surface area (Å²) in [4.78, 5) is 20.2. The molecule has 5 rings (SSSR count). The normalized spacial score (nSPS) is 17.9. The summed E-state index contributed by atoms with van der Waals surface area (Å²) in [7, 11) is 1.53. The predicted octanol–water partition coefficient (Wildman–Crippen LogP) is 3.91. The van der Waals surface area contributed by atoms with Gasteiger partial charge in [0.1, 0.15) is 23.3 Å². The first-order chi connectivity index (χ1) is 18.4. The van der Waals surface area contributed by atoms with Gasteiger partial charge in [0.15, 0.2) is 11.9 Å². The Bertz CT molecular complexity index is 1360. The number of rotatable bonds is 10. The first-order valence-electron chi connectivity index (χ1n) is 12.5. The fourth-order valence-electron chi connectivity index (χ4n) is 4.39. The van der Waals surface area contributed by atoms with Gasteiger partial charge >= 0.3 is 0 Å². The first-order valence-corrected chi connectivity index (χ1v) is 13.3. The Kier molecular flexibility index (Phi) is 7.98. The average molecular weight is 586 g/mol. The number of halogens is 2. The number of hydrogen-bond donors (Lipinski definition) is 0. The summed E-state index contributed by atoms with van der Waals surface area (Å²) in [6.07, 6.45) is 5.13. The molecule has 1 amide bonds. The van der Waals surface area contributed by atoms with Crippen molar-refractivity contribution in [3.63, 3.8) is 0 Å². The van der Waals surface area contributed by atoms with Crippen molar-refractivity contribution < 1.29 is 18.4 Å². The second-order valence-corrected chi connectivity index (χ2v) is 10.3. The summed E-state index contributed by atoms with van der Waals surface area (Å²) in [5.41, 5.74) is 2.52. The number of alkyl halides is 1. The van der Waals surface area contributed by atoms with Crippen molar-refractivity contribution in [2.24, 2.45) is 10.9 Å². The second-order valence-electron chi connectivity index (χ2n) is 9.48. The Morgan fingerprint density at radius 2 is 2.11 bits per heavy atom. The van der Waals surface area contributed by atoms with Gasteiger partial charge in [-0.3, -0.25) is 14.7 Å². The van der Waals surface area contributed by atoms with Gasteiger partial charge in [0, 0.05) is 64.2 Å². The Morgan fingerprint density at radius 1 is 1.32 bits per heavy atom. The van der Waals surface area contributed by atoms with Gasteiger partial charge in [-0.05, 0) is 52.9 Å². The van der Waals surface area contributed by atoms with Gasteiger partial charge in [-0.2, -0.15) is 0 Å². The molecule has 0 spiro atoms. The van der Waals surface area contributed by atoms with Gasteiger partial charge in [-0.15, -0.1) is 5.10 Å². The van der Waals surface area contributed by atoms with E-state index in [1.807, 2.05) is 16.8 Å². The smallest absolute Gasteiger partial charge is 0.276 e. The van der Waals surface area contributed by atoms with Crippen LogP contribution in [0.2, 0.25) is 0 Å². The average Bonchev–Trinajstić information content (AvgIpc) is 3.38. The third-order valence-electron chi connectivity index (χ3n) is 6.67. The van der Waals surface area contributed by atoms with Gasteiger partial charge < -0.3 is 14.2 Å². The molecule has 38 heavy (non-hydrogen) atoms. The molecule has 3 heterocycles. The number of aromatic nitrogens is 4. The van der Waals surface area contributed by atoms with E-state index < -0.39 is 6.17 Å². The monoisotopic (exact) mass is 585 g/mol. The molecule has 2 aliphatic rings. The molecule has 1 saturated heterocycles. The summed E-state index contributed by atoms with van der Waals surface area (Å²) in [5.74, 6) is 1.35. The van der Waals surface area contributed by atoms with Crippen LogP contribution in [0, 0.1) is 5.92 Å². The molecule has 1 aliphatic carbocycles. The molecule has 1 aliphatic heterocycles. The fourth-order valence-corrected chi connectivity index (χ4v) is 4.88. The number of carbonyl (C=O) groups excluding carboxylic acids is 1. The number of amides is 1. The predicted molar refractivity (Wildman–Crippen MR) is 144 cm³/mol. The summed E-state index contributed by atoms with van der Waals surface area (Å²) >= 11 is 3.61. The zero-order chi connectivity index (χ0) is 26.6. The van der Waals surface area contributed by atoms with Crippen molar-refractivity contribution in [3.8, 4) is 5.75 Å². The van der Waals surface area contributed by atoms with Crippen LogP contribution in [0.4, 0.5) is 4.39 Å². The molecular formula is C26H29BrFN7O3. The minimum absolute atomic E-state index is 0.167. The third kappa shape index (κ3) is 6.02. The molecule has 1 unspecified atom stereocenters. The number of aliphatic imine (C=N–C) groups is 1. The van der Waals surface area contributed by atoms with Gasteiger partial charge in [0.25, 0.3) is 5.91 Å². The van der Waals surface area contributed by atoms with E-state index in [0.29, 0.717) is 65.7 Å². The maximum atomic E-state index is 14.6. The topological polar surface area (TPSA) is 102 Å². The second kappa shape index (κ2) is 11.6. The van der Waals surface area contributed by atoms with E-state index in [9.17, 15) is 9.18 Å². The van der Waals surface area contributed by atoms with Crippen LogP contribution in [0.15, 0.2) is 62.4 Å². The SMILES string of the molecule is C=C(Oc1ccc2c(nnn2CC2CC2)c1Br)/C(=C\C(F)C=NC)CN1CCN(C(=O)c2ccon2)CC1. The Labute approximate surface area is 227 Å². The minimum Gasteiger partial charge on any atom is -0.456 e. The highest BCUT2D eigenvalue weighted by Gasteiger charge is 2.26. The number of piperazine rings is 1. The lowest BCUT2D eigenvalue weighted by molar-refractivity contribution is 0.0636. The summed E-state index contributed by atoms with van der Waals surface area (Å²) < 4.78 is 28.1. The molecule has 1 atom stereocenters. The van der Waals surface area contributed by atoms with Crippen molar-refractivity contribution in [1.82, 2.24) is 30.0 Å². The first kappa shape index (κ1) is 26.2. The summed E-state index contributed by atoms with van der Waals surface area (Å²) in [5, 5.41) is 12.4.